The Hall–Kier alpha value is -1.05. The average molecular weight is 551 g/mol. The van der Waals surface area contributed by atoms with E-state index in [2.05, 4.69) is 61.1 Å². The van der Waals surface area contributed by atoms with Gasteiger partial charge >= 0.3 is 5.97 Å². The van der Waals surface area contributed by atoms with Gasteiger partial charge in [0.15, 0.2) is 0 Å². The highest BCUT2D eigenvalue weighted by Crippen LogP contribution is 2.77. The van der Waals surface area contributed by atoms with Gasteiger partial charge in [0.1, 0.15) is 0 Å². The van der Waals surface area contributed by atoms with E-state index in [1.807, 2.05) is 13.8 Å². The minimum atomic E-state index is -0.401. The van der Waals surface area contributed by atoms with E-state index in [-0.39, 0.29) is 11.4 Å². The summed E-state index contributed by atoms with van der Waals surface area (Å²) in [6.45, 7) is 26.9. The molecule has 0 amide bonds. The van der Waals surface area contributed by atoms with E-state index in [0.717, 1.165) is 48.9 Å². The SMILES string of the molecule is C=C(C)[C@@H]1CC[C@]2(C)CC[C@]3(C)[C@H](CC[C@@H]4[C@@]5(C)CC=C(CCCC(C)(C)C(=O)OC)C(C)(C)[C@@H]5CC[C@]43C)[C@@H]12. The van der Waals surface area contributed by atoms with Crippen molar-refractivity contribution in [2.24, 2.45) is 62.1 Å². The molecule has 5 aliphatic rings. The number of ether oxygens (including phenoxy) is 1. The normalized spacial score (nSPS) is 45.9. The number of hydrogen-bond acceptors (Lipinski definition) is 2. The number of hydrogen-bond donors (Lipinski definition) is 0. The van der Waals surface area contributed by atoms with Crippen LogP contribution in [0.2, 0.25) is 0 Å². The average Bonchev–Trinajstić information content (AvgIpc) is 3.23. The molecule has 5 aliphatic carbocycles. The second-order valence-corrected chi connectivity index (χ2v) is 17.7. The van der Waals surface area contributed by atoms with Gasteiger partial charge in [-0.05, 0) is 154 Å². The molecule has 9 atom stereocenters. The molecular weight excluding hydrogens is 488 g/mol. The predicted octanol–water partition coefficient (Wildman–Crippen LogP) is 10.6. The molecule has 2 nitrogen and oxygen atoms in total. The molecule has 0 saturated heterocycles. The molecular formula is C38H62O2. The third-order valence-electron chi connectivity index (χ3n) is 15.2. The van der Waals surface area contributed by atoms with Crippen molar-refractivity contribution in [1.29, 1.82) is 0 Å². The summed E-state index contributed by atoms with van der Waals surface area (Å²) in [7, 11) is 1.51. The van der Waals surface area contributed by atoms with Crippen LogP contribution in [0.25, 0.3) is 0 Å². The van der Waals surface area contributed by atoms with Crippen molar-refractivity contribution in [3.05, 3.63) is 23.8 Å². The Morgan fingerprint density at radius 2 is 1.65 bits per heavy atom. The predicted molar refractivity (Wildman–Crippen MR) is 168 cm³/mol. The zero-order valence-electron chi connectivity index (χ0n) is 28.0. The third kappa shape index (κ3) is 4.17. The van der Waals surface area contributed by atoms with Crippen LogP contribution in [0.15, 0.2) is 23.8 Å². The lowest BCUT2D eigenvalue weighted by molar-refractivity contribution is -0.225. The fourth-order valence-corrected chi connectivity index (χ4v) is 12.7. The largest absolute Gasteiger partial charge is 0.469 e. The number of rotatable bonds is 6. The fraction of sp³-hybridized carbons (Fsp3) is 0.868. The number of carbonyl (C=O) groups excluding carboxylic acids is 1. The van der Waals surface area contributed by atoms with Crippen LogP contribution >= 0.6 is 0 Å². The van der Waals surface area contributed by atoms with Crippen LogP contribution in [0.5, 0.6) is 0 Å². The van der Waals surface area contributed by atoms with Crippen molar-refractivity contribution in [3.8, 4) is 0 Å². The van der Waals surface area contributed by atoms with E-state index in [1.165, 1.54) is 70.5 Å². The molecule has 0 heterocycles. The first-order chi connectivity index (χ1) is 18.5. The van der Waals surface area contributed by atoms with Gasteiger partial charge in [-0.2, -0.15) is 0 Å². The van der Waals surface area contributed by atoms with Gasteiger partial charge in [0.25, 0.3) is 0 Å². The number of carbonyl (C=O) groups is 1. The van der Waals surface area contributed by atoms with Gasteiger partial charge in [-0.25, -0.2) is 0 Å². The Morgan fingerprint density at radius 1 is 0.950 bits per heavy atom. The number of fused-ring (bicyclic) bond motifs is 7. The topological polar surface area (TPSA) is 26.3 Å². The molecule has 0 aromatic rings. The van der Waals surface area contributed by atoms with E-state index in [0.29, 0.717) is 21.7 Å². The van der Waals surface area contributed by atoms with Crippen molar-refractivity contribution in [2.75, 3.05) is 7.11 Å². The molecule has 0 bridgehead atoms. The van der Waals surface area contributed by atoms with Crippen molar-refractivity contribution in [2.45, 2.75) is 139 Å². The molecule has 0 aromatic carbocycles. The molecule has 0 N–H and O–H groups in total. The summed E-state index contributed by atoms with van der Waals surface area (Å²) in [6.07, 6.45) is 18.3. The van der Waals surface area contributed by atoms with Crippen molar-refractivity contribution in [1.82, 2.24) is 0 Å². The maximum atomic E-state index is 12.3. The standard InChI is InChI=1S/C38H62O2/c1-25(2)27-17-20-35(7)23-24-37(9)28(31(27)35)14-15-30-36(8)21-16-26(13-12-19-33(3,4)32(39)40-11)34(5,6)29(36)18-22-38(30,37)10/h16,27-31H,1,12-15,17-24H2,2-11H3/t27-,28+,29-,30+,31+,35+,36-,37+,38+/m0/s1. The minimum absolute atomic E-state index is 0.0807. The molecule has 0 spiro atoms. The Morgan fingerprint density at radius 3 is 2.30 bits per heavy atom. The van der Waals surface area contributed by atoms with Gasteiger partial charge in [-0.15, -0.1) is 0 Å². The van der Waals surface area contributed by atoms with Gasteiger partial charge in [0, 0.05) is 0 Å². The molecule has 226 valence electrons. The minimum Gasteiger partial charge on any atom is -0.469 e. The van der Waals surface area contributed by atoms with E-state index >= 15 is 0 Å². The molecule has 2 heteroatoms. The third-order valence-corrected chi connectivity index (χ3v) is 15.2. The highest BCUT2D eigenvalue weighted by molar-refractivity contribution is 5.75. The van der Waals surface area contributed by atoms with Crippen LogP contribution < -0.4 is 0 Å². The zero-order valence-corrected chi connectivity index (χ0v) is 28.0. The van der Waals surface area contributed by atoms with Crippen molar-refractivity contribution >= 4 is 5.97 Å². The summed E-state index contributed by atoms with van der Waals surface area (Å²) in [5, 5.41) is 0. The zero-order chi connectivity index (χ0) is 29.5. The number of methoxy groups -OCH3 is 1. The van der Waals surface area contributed by atoms with Crippen LogP contribution in [0.1, 0.15) is 139 Å². The van der Waals surface area contributed by atoms with Gasteiger partial charge in [0.2, 0.25) is 0 Å². The Bertz CT molecular complexity index is 1060. The molecule has 0 radical (unpaired) electrons. The smallest absolute Gasteiger partial charge is 0.311 e. The highest BCUT2D eigenvalue weighted by Gasteiger charge is 2.69. The highest BCUT2D eigenvalue weighted by atomic mass is 16.5. The monoisotopic (exact) mass is 550 g/mol. The summed E-state index contributed by atoms with van der Waals surface area (Å²) >= 11 is 0. The van der Waals surface area contributed by atoms with Gasteiger partial charge in [-0.1, -0.05) is 65.3 Å². The molecule has 0 aromatic heterocycles. The van der Waals surface area contributed by atoms with Crippen molar-refractivity contribution < 1.29 is 9.53 Å². The van der Waals surface area contributed by atoms with Gasteiger partial charge < -0.3 is 4.74 Å². The lowest BCUT2D eigenvalue weighted by Crippen LogP contribution is -2.65. The lowest BCUT2D eigenvalue weighted by atomic mass is 9.32. The Labute approximate surface area is 247 Å². The molecule has 0 unspecified atom stereocenters. The van der Waals surface area contributed by atoms with E-state index in [1.54, 1.807) is 5.57 Å². The first kappa shape index (κ1) is 30.4. The summed E-state index contributed by atoms with van der Waals surface area (Å²) in [4.78, 5) is 12.3. The van der Waals surface area contributed by atoms with Crippen LogP contribution in [0, 0.1) is 62.1 Å². The summed E-state index contributed by atoms with van der Waals surface area (Å²) in [5.74, 6) is 3.92. The lowest BCUT2D eigenvalue weighted by Gasteiger charge is -2.72. The Balaban J connectivity index is 1.40. The van der Waals surface area contributed by atoms with Crippen molar-refractivity contribution in [3.63, 3.8) is 0 Å². The first-order valence-corrected chi connectivity index (χ1v) is 16.9. The molecule has 40 heavy (non-hydrogen) atoms. The maximum Gasteiger partial charge on any atom is 0.311 e. The summed E-state index contributed by atoms with van der Waals surface area (Å²) in [5.41, 5.74) is 4.72. The van der Waals surface area contributed by atoms with Crippen LogP contribution in [-0.4, -0.2) is 13.1 Å². The first-order valence-electron chi connectivity index (χ1n) is 16.9. The summed E-state index contributed by atoms with van der Waals surface area (Å²) in [6, 6.07) is 0. The second-order valence-electron chi connectivity index (χ2n) is 17.7. The van der Waals surface area contributed by atoms with E-state index in [4.69, 9.17) is 4.74 Å². The van der Waals surface area contributed by atoms with Gasteiger partial charge in [-0.3, -0.25) is 4.79 Å². The number of allylic oxidation sites excluding steroid dienone is 3. The molecule has 4 saturated carbocycles. The maximum absolute atomic E-state index is 12.3. The van der Waals surface area contributed by atoms with Crippen LogP contribution in [0.3, 0.4) is 0 Å². The summed E-state index contributed by atoms with van der Waals surface area (Å²) < 4.78 is 5.08. The molecule has 5 rings (SSSR count). The van der Waals surface area contributed by atoms with Crippen LogP contribution in [0.4, 0.5) is 0 Å². The van der Waals surface area contributed by atoms with E-state index in [9.17, 15) is 4.79 Å². The van der Waals surface area contributed by atoms with Gasteiger partial charge in [0.05, 0.1) is 12.5 Å². The Kier molecular flexibility index (Phi) is 7.40. The molecule has 0 aliphatic heterocycles. The van der Waals surface area contributed by atoms with E-state index < -0.39 is 5.41 Å². The second kappa shape index (κ2) is 9.74. The van der Waals surface area contributed by atoms with Crippen LogP contribution in [-0.2, 0) is 9.53 Å². The number of esters is 1. The molecule has 4 fully saturated rings. The quantitative estimate of drug-likeness (QED) is 0.243. The fourth-order valence-electron chi connectivity index (χ4n) is 12.7.